The fourth-order valence-electron chi connectivity index (χ4n) is 3.27. The lowest BCUT2D eigenvalue weighted by atomic mass is 9.94. The van der Waals surface area contributed by atoms with E-state index in [9.17, 15) is 4.79 Å². The first-order valence-electron chi connectivity index (χ1n) is 7.19. The Labute approximate surface area is 111 Å². The van der Waals surface area contributed by atoms with E-state index in [0.29, 0.717) is 11.9 Å². The zero-order valence-electron chi connectivity index (χ0n) is 12.2. The maximum Gasteiger partial charge on any atom is 0.225 e. The van der Waals surface area contributed by atoms with Gasteiger partial charge in [0, 0.05) is 43.7 Å². The molecular weight excluding hydrogens is 226 g/mol. The number of hydrogen-bond acceptors (Lipinski definition) is 3. The molecule has 0 bridgehead atoms. The summed E-state index contributed by atoms with van der Waals surface area (Å²) in [7, 11) is 0. The Balaban J connectivity index is 1.89. The second kappa shape index (κ2) is 5.17. The third-order valence-corrected chi connectivity index (χ3v) is 4.39. The van der Waals surface area contributed by atoms with Gasteiger partial charge in [0.15, 0.2) is 0 Å². The summed E-state index contributed by atoms with van der Waals surface area (Å²) in [5.41, 5.74) is 0.213. The van der Waals surface area contributed by atoms with Gasteiger partial charge in [0.1, 0.15) is 0 Å². The van der Waals surface area contributed by atoms with Crippen molar-refractivity contribution in [2.24, 2.45) is 5.92 Å². The molecule has 2 fully saturated rings. The number of amides is 1. The van der Waals surface area contributed by atoms with Crippen molar-refractivity contribution in [2.45, 2.75) is 45.7 Å². The molecule has 1 N–H and O–H groups in total. The summed E-state index contributed by atoms with van der Waals surface area (Å²) in [6, 6.07) is 0.619. The number of carbonyl (C=O) groups excluding carboxylic acids is 1. The summed E-state index contributed by atoms with van der Waals surface area (Å²) in [5, 5.41) is 3.57. The third-order valence-electron chi connectivity index (χ3n) is 4.39. The van der Waals surface area contributed by atoms with Crippen LogP contribution in [0, 0.1) is 5.92 Å². The highest BCUT2D eigenvalue weighted by Crippen LogP contribution is 2.25. The third kappa shape index (κ3) is 2.69. The van der Waals surface area contributed by atoms with Crippen LogP contribution in [0.5, 0.6) is 0 Å². The quantitative estimate of drug-likeness (QED) is 0.795. The molecular formula is C14H27N3O. The average molecular weight is 253 g/mol. The van der Waals surface area contributed by atoms with Crippen LogP contribution in [0.25, 0.3) is 0 Å². The highest BCUT2D eigenvalue weighted by molar-refractivity contribution is 5.78. The standard InChI is InChI=1S/C14H27N3O/c1-11(2)13(18)17-9-7-16(8-10-17)12-5-6-15-14(12,3)4/h11-12,15H,5-10H2,1-4H3. The molecule has 2 heterocycles. The lowest BCUT2D eigenvalue weighted by Gasteiger charge is -2.42. The zero-order chi connectivity index (χ0) is 13.3. The van der Waals surface area contributed by atoms with Crippen LogP contribution in [0.15, 0.2) is 0 Å². The van der Waals surface area contributed by atoms with Gasteiger partial charge in [-0.3, -0.25) is 9.69 Å². The van der Waals surface area contributed by atoms with Gasteiger partial charge in [-0.25, -0.2) is 0 Å². The number of rotatable bonds is 2. The van der Waals surface area contributed by atoms with E-state index in [-0.39, 0.29) is 11.5 Å². The van der Waals surface area contributed by atoms with Crippen molar-refractivity contribution in [2.75, 3.05) is 32.7 Å². The van der Waals surface area contributed by atoms with Gasteiger partial charge in [-0.15, -0.1) is 0 Å². The van der Waals surface area contributed by atoms with E-state index in [2.05, 4.69) is 24.1 Å². The lowest BCUT2D eigenvalue weighted by Crippen LogP contribution is -2.58. The molecule has 1 amide bonds. The molecule has 2 aliphatic rings. The normalized spacial score (nSPS) is 28.9. The van der Waals surface area contributed by atoms with Gasteiger partial charge in [-0.2, -0.15) is 0 Å². The van der Waals surface area contributed by atoms with Gasteiger partial charge in [-0.05, 0) is 26.8 Å². The van der Waals surface area contributed by atoms with Crippen molar-refractivity contribution in [3.63, 3.8) is 0 Å². The minimum Gasteiger partial charge on any atom is -0.340 e. The van der Waals surface area contributed by atoms with Gasteiger partial charge in [0.25, 0.3) is 0 Å². The predicted octanol–water partition coefficient (Wildman–Crippen LogP) is 0.927. The number of nitrogens with one attached hydrogen (secondary N) is 1. The molecule has 2 aliphatic heterocycles. The number of nitrogens with zero attached hydrogens (tertiary/aromatic N) is 2. The SMILES string of the molecule is CC(C)C(=O)N1CCN(C2CCNC2(C)C)CC1. The van der Waals surface area contributed by atoms with Crippen LogP contribution >= 0.6 is 0 Å². The molecule has 0 aliphatic carbocycles. The smallest absolute Gasteiger partial charge is 0.225 e. The first-order chi connectivity index (χ1) is 8.42. The van der Waals surface area contributed by atoms with Crippen molar-refractivity contribution in [3.8, 4) is 0 Å². The van der Waals surface area contributed by atoms with E-state index >= 15 is 0 Å². The summed E-state index contributed by atoms with van der Waals surface area (Å²) < 4.78 is 0. The topological polar surface area (TPSA) is 35.6 Å². The van der Waals surface area contributed by atoms with Crippen LogP contribution in [0.4, 0.5) is 0 Å². The molecule has 0 aromatic carbocycles. The summed E-state index contributed by atoms with van der Waals surface area (Å²) in [6.07, 6.45) is 1.23. The Morgan fingerprint density at radius 2 is 1.83 bits per heavy atom. The van der Waals surface area contributed by atoms with Crippen LogP contribution in [0.3, 0.4) is 0 Å². The van der Waals surface area contributed by atoms with Crippen molar-refractivity contribution in [3.05, 3.63) is 0 Å². The van der Waals surface area contributed by atoms with E-state index in [1.807, 2.05) is 18.7 Å². The van der Waals surface area contributed by atoms with Crippen molar-refractivity contribution in [1.29, 1.82) is 0 Å². The fraction of sp³-hybridized carbons (Fsp3) is 0.929. The molecule has 4 heteroatoms. The van der Waals surface area contributed by atoms with E-state index in [4.69, 9.17) is 0 Å². The van der Waals surface area contributed by atoms with Gasteiger partial charge >= 0.3 is 0 Å². The summed E-state index contributed by atoms with van der Waals surface area (Å²) >= 11 is 0. The second-order valence-electron chi connectivity index (χ2n) is 6.47. The van der Waals surface area contributed by atoms with E-state index in [1.165, 1.54) is 6.42 Å². The van der Waals surface area contributed by atoms with Crippen LogP contribution in [0.1, 0.15) is 34.1 Å². The first-order valence-corrected chi connectivity index (χ1v) is 7.19. The first kappa shape index (κ1) is 13.8. The highest BCUT2D eigenvalue weighted by atomic mass is 16.2. The Bertz CT molecular complexity index is 306. The van der Waals surface area contributed by atoms with Crippen LogP contribution in [-0.4, -0.2) is 60.0 Å². The van der Waals surface area contributed by atoms with Crippen LogP contribution in [0.2, 0.25) is 0 Å². The largest absolute Gasteiger partial charge is 0.340 e. The van der Waals surface area contributed by atoms with Crippen LogP contribution < -0.4 is 5.32 Å². The molecule has 4 nitrogen and oxygen atoms in total. The Morgan fingerprint density at radius 3 is 2.28 bits per heavy atom. The van der Waals surface area contributed by atoms with Crippen molar-refractivity contribution >= 4 is 5.91 Å². The maximum atomic E-state index is 11.9. The lowest BCUT2D eigenvalue weighted by molar-refractivity contribution is -0.136. The fourth-order valence-corrected chi connectivity index (χ4v) is 3.27. The van der Waals surface area contributed by atoms with Gasteiger partial charge in [0.2, 0.25) is 5.91 Å². The molecule has 18 heavy (non-hydrogen) atoms. The minimum atomic E-state index is 0.126. The zero-order valence-corrected chi connectivity index (χ0v) is 12.2. The number of piperazine rings is 1. The summed E-state index contributed by atoms with van der Waals surface area (Å²) in [6.45, 7) is 13.5. The Morgan fingerprint density at radius 1 is 1.22 bits per heavy atom. The molecule has 2 saturated heterocycles. The molecule has 0 aromatic heterocycles. The van der Waals surface area contributed by atoms with E-state index in [1.54, 1.807) is 0 Å². The average Bonchev–Trinajstić information content (AvgIpc) is 2.68. The van der Waals surface area contributed by atoms with E-state index < -0.39 is 0 Å². The van der Waals surface area contributed by atoms with Crippen molar-refractivity contribution in [1.82, 2.24) is 15.1 Å². The Kier molecular flexibility index (Phi) is 3.97. The summed E-state index contributed by atoms with van der Waals surface area (Å²) in [5.74, 6) is 0.430. The minimum absolute atomic E-state index is 0.126. The molecule has 1 unspecified atom stereocenters. The van der Waals surface area contributed by atoms with Gasteiger partial charge in [0.05, 0.1) is 0 Å². The molecule has 0 radical (unpaired) electrons. The number of carbonyl (C=O) groups is 1. The molecule has 0 saturated carbocycles. The highest BCUT2D eigenvalue weighted by Gasteiger charge is 2.39. The molecule has 0 aromatic rings. The monoisotopic (exact) mass is 253 g/mol. The summed E-state index contributed by atoms with van der Waals surface area (Å²) in [4.78, 5) is 16.5. The molecule has 104 valence electrons. The molecule has 1 atom stereocenters. The predicted molar refractivity (Wildman–Crippen MR) is 73.5 cm³/mol. The number of hydrogen-bond donors (Lipinski definition) is 1. The molecule has 0 spiro atoms. The van der Waals surface area contributed by atoms with Crippen molar-refractivity contribution < 1.29 is 4.79 Å². The second-order valence-corrected chi connectivity index (χ2v) is 6.47. The maximum absolute atomic E-state index is 11.9. The van der Waals surface area contributed by atoms with E-state index in [0.717, 1.165) is 32.7 Å². The van der Waals surface area contributed by atoms with Gasteiger partial charge in [-0.1, -0.05) is 13.8 Å². The van der Waals surface area contributed by atoms with Gasteiger partial charge < -0.3 is 10.2 Å². The molecule has 2 rings (SSSR count). The van der Waals surface area contributed by atoms with Crippen LogP contribution in [-0.2, 0) is 4.79 Å². The Hall–Kier alpha value is -0.610.